The van der Waals surface area contributed by atoms with Crippen molar-refractivity contribution in [2.24, 2.45) is 0 Å². The summed E-state index contributed by atoms with van der Waals surface area (Å²) < 4.78 is 29.8. The second-order valence-electron chi connectivity index (χ2n) is 3.88. The third-order valence-corrected chi connectivity index (χ3v) is 4.28. The Morgan fingerprint density at radius 3 is 2.28 bits per heavy atom. The molecule has 2 rings (SSSR count). The molecule has 0 atom stereocenters. The Hall–Kier alpha value is -1.86. The summed E-state index contributed by atoms with van der Waals surface area (Å²) in [6.07, 6.45) is 1.42. The normalized spacial score (nSPS) is 11.9. The van der Waals surface area contributed by atoms with Crippen LogP contribution in [0.2, 0.25) is 0 Å². The maximum Gasteiger partial charge on any atom is 0.292 e. The molecule has 1 aromatic carbocycles. The number of sulfonamides is 1. The highest BCUT2D eigenvalue weighted by atomic mass is 32.2. The lowest BCUT2D eigenvalue weighted by molar-refractivity contribution is 0.521. The number of benzene rings is 1. The highest BCUT2D eigenvalue weighted by molar-refractivity contribution is 7.89. The minimum absolute atomic E-state index is 0.0787. The zero-order valence-corrected chi connectivity index (χ0v) is 10.8. The summed E-state index contributed by atoms with van der Waals surface area (Å²) in [6.45, 7) is 0. The first-order chi connectivity index (χ1) is 8.41. The van der Waals surface area contributed by atoms with Crippen molar-refractivity contribution in [2.75, 3.05) is 19.8 Å². The predicted molar refractivity (Wildman–Crippen MR) is 67.2 cm³/mol. The average Bonchev–Trinajstić information content (AvgIpc) is 2.76. The molecule has 1 aromatic heterocycles. The Kier molecular flexibility index (Phi) is 3.10. The molecule has 6 nitrogen and oxygen atoms in total. The van der Waals surface area contributed by atoms with Crippen LogP contribution in [-0.4, -0.2) is 31.8 Å². The summed E-state index contributed by atoms with van der Waals surface area (Å²) in [6, 6.07) is 6.45. The Bertz CT molecular complexity index is 644. The van der Waals surface area contributed by atoms with Crippen LogP contribution in [0, 0.1) is 0 Å². The van der Waals surface area contributed by atoms with Gasteiger partial charge in [0, 0.05) is 19.7 Å². The van der Waals surface area contributed by atoms with Crippen LogP contribution >= 0.6 is 0 Å². The first kappa shape index (κ1) is 12.6. The Morgan fingerprint density at radius 2 is 1.83 bits per heavy atom. The smallest absolute Gasteiger partial charge is 0.292 e. The van der Waals surface area contributed by atoms with E-state index in [2.05, 4.69) is 4.98 Å². The molecule has 0 aliphatic rings. The van der Waals surface area contributed by atoms with E-state index in [0.29, 0.717) is 5.69 Å². The number of hydrogen-bond acceptors (Lipinski definition) is 5. The maximum absolute atomic E-state index is 11.9. The van der Waals surface area contributed by atoms with Crippen LogP contribution in [-0.2, 0) is 10.0 Å². The van der Waals surface area contributed by atoms with Gasteiger partial charge in [-0.25, -0.2) is 12.7 Å². The molecular formula is C11H13N3O3S. The zero-order valence-electron chi connectivity index (χ0n) is 9.99. The molecule has 0 aliphatic heterocycles. The van der Waals surface area contributed by atoms with E-state index in [4.69, 9.17) is 10.2 Å². The van der Waals surface area contributed by atoms with Crippen LogP contribution < -0.4 is 5.73 Å². The highest BCUT2D eigenvalue weighted by Gasteiger charge is 2.17. The van der Waals surface area contributed by atoms with Gasteiger partial charge in [-0.3, -0.25) is 0 Å². The molecule has 2 N–H and O–H groups in total. The SMILES string of the molecule is CN(C)S(=O)(=O)c1ccc(-c2coc(N)n2)cc1. The monoisotopic (exact) mass is 267 g/mol. The van der Waals surface area contributed by atoms with Crippen LogP contribution in [0.15, 0.2) is 39.8 Å². The van der Waals surface area contributed by atoms with E-state index in [9.17, 15) is 8.42 Å². The van der Waals surface area contributed by atoms with Gasteiger partial charge in [0.1, 0.15) is 12.0 Å². The van der Waals surface area contributed by atoms with E-state index in [1.54, 1.807) is 12.1 Å². The van der Waals surface area contributed by atoms with Crippen molar-refractivity contribution >= 4 is 16.0 Å². The van der Waals surface area contributed by atoms with Gasteiger partial charge in [-0.05, 0) is 12.1 Å². The van der Waals surface area contributed by atoms with Gasteiger partial charge >= 0.3 is 0 Å². The zero-order chi connectivity index (χ0) is 13.3. The quantitative estimate of drug-likeness (QED) is 0.901. The standard InChI is InChI=1S/C11H13N3O3S/c1-14(2)18(15,16)9-5-3-8(4-6-9)10-7-17-11(12)13-10/h3-7H,1-2H3,(H2,12,13). The van der Waals surface area contributed by atoms with E-state index < -0.39 is 10.0 Å². The van der Waals surface area contributed by atoms with Gasteiger partial charge in [0.15, 0.2) is 0 Å². The van der Waals surface area contributed by atoms with Crippen molar-refractivity contribution in [3.8, 4) is 11.3 Å². The largest absolute Gasteiger partial charge is 0.432 e. The van der Waals surface area contributed by atoms with Gasteiger partial charge in [0.2, 0.25) is 10.0 Å². The molecule has 0 saturated heterocycles. The molecule has 0 bridgehead atoms. The minimum Gasteiger partial charge on any atom is -0.432 e. The number of aromatic nitrogens is 1. The van der Waals surface area contributed by atoms with Crippen LogP contribution in [0.3, 0.4) is 0 Å². The van der Waals surface area contributed by atoms with Crippen molar-refractivity contribution in [1.82, 2.24) is 9.29 Å². The van der Waals surface area contributed by atoms with Crippen molar-refractivity contribution in [2.45, 2.75) is 4.90 Å². The van der Waals surface area contributed by atoms with Crippen molar-refractivity contribution in [3.05, 3.63) is 30.5 Å². The molecule has 0 unspecified atom stereocenters. The fraction of sp³-hybridized carbons (Fsp3) is 0.182. The molecule has 0 saturated carbocycles. The van der Waals surface area contributed by atoms with Gasteiger partial charge in [-0.2, -0.15) is 4.98 Å². The third-order valence-electron chi connectivity index (χ3n) is 2.45. The number of oxazole rings is 1. The van der Waals surface area contributed by atoms with Gasteiger partial charge in [0.05, 0.1) is 4.90 Å². The Labute approximate surface area is 105 Å². The number of hydrogen-bond donors (Lipinski definition) is 1. The summed E-state index contributed by atoms with van der Waals surface area (Å²) in [5.74, 6) is 0. The lowest BCUT2D eigenvalue weighted by atomic mass is 10.2. The molecule has 0 spiro atoms. The van der Waals surface area contributed by atoms with E-state index >= 15 is 0 Å². The van der Waals surface area contributed by atoms with E-state index in [0.717, 1.165) is 9.87 Å². The van der Waals surface area contributed by atoms with Gasteiger partial charge in [-0.1, -0.05) is 12.1 Å². The summed E-state index contributed by atoms with van der Waals surface area (Å²) in [5, 5.41) is 0. The number of nitrogens with zero attached hydrogens (tertiary/aromatic N) is 2. The van der Waals surface area contributed by atoms with Gasteiger partial charge in [-0.15, -0.1) is 0 Å². The Morgan fingerprint density at radius 1 is 1.22 bits per heavy atom. The second kappa shape index (κ2) is 4.43. The molecule has 96 valence electrons. The third kappa shape index (κ3) is 2.22. The first-order valence-corrected chi connectivity index (χ1v) is 6.59. The van der Waals surface area contributed by atoms with Gasteiger partial charge < -0.3 is 10.2 Å². The minimum atomic E-state index is -3.41. The van der Waals surface area contributed by atoms with Crippen LogP contribution in [0.5, 0.6) is 0 Å². The number of rotatable bonds is 3. The molecule has 0 radical (unpaired) electrons. The lowest BCUT2D eigenvalue weighted by Crippen LogP contribution is -2.22. The summed E-state index contributed by atoms with van der Waals surface area (Å²) >= 11 is 0. The van der Waals surface area contributed by atoms with Crippen molar-refractivity contribution in [3.63, 3.8) is 0 Å². The molecule has 18 heavy (non-hydrogen) atoms. The van der Waals surface area contributed by atoms with E-state index in [1.807, 2.05) is 0 Å². The fourth-order valence-corrected chi connectivity index (χ4v) is 2.33. The van der Waals surface area contributed by atoms with Crippen molar-refractivity contribution in [1.29, 1.82) is 0 Å². The fourth-order valence-electron chi connectivity index (χ4n) is 1.43. The van der Waals surface area contributed by atoms with Crippen LogP contribution in [0.25, 0.3) is 11.3 Å². The van der Waals surface area contributed by atoms with E-state index in [-0.39, 0.29) is 10.9 Å². The van der Waals surface area contributed by atoms with Gasteiger partial charge in [0.25, 0.3) is 6.01 Å². The average molecular weight is 267 g/mol. The van der Waals surface area contributed by atoms with Crippen LogP contribution in [0.4, 0.5) is 6.01 Å². The van der Waals surface area contributed by atoms with Crippen LogP contribution in [0.1, 0.15) is 0 Å². The Balaban J connectivity index is 2.37. The lowest BCUT2D eigenvalue weighted by Gasteiger charge is -2.11. The summed E-state index contributed by atoms with van der Waals surface area (Å²) in [7, 11) is -0.430. The predicted octanol–water partition coefficient (Wildman–Crippen LogP) is 1.17. The number of nitrogen functional groups attached to an aromatic ring is 1. The highest BCUT2D eigenvalue weighted by Crippen LogP contribution is 2.22. The topological polar surface area (TPSA) is 89.4 Å². The molecule has 1 heterocycles. The summed E-state index contributed by atoms with van der Waals surface area (Å²) in [5.41, 5.74) is 6.69. The van der Waals surface area contributed by atoms with Crippen molar-refractivity contribution < 1.29 is 12.8 Å². The molecule has 2 aromatic rings. The molecule has 7 heteroatoms. The maximum atomic E-state index is 11.9. The first-order valence-electron chi connectivity index (χ1n) is 5.15. The number of nitrogens with two attached hydrogens (primary N) is 1. The van der Waals surface area contributed by atoms with E-state index in [1.165, 1.54) is 32.5 Å². The summed E-state index contributed by atoms with van der Waals surface area (Å²) in [4.78, 5) is 4.19. The molecule has 0 aliphatic carbocycles. The second-order valence-corrected chi connectivity index (χ2v) is 6.03. The molecular weight excluding hydrogens is 254 g/mol. The number of anilines is 1. The molecule has 0 amide bonds. The molecule has 0 fully saturated rings.